The van der Waals surface area contributed by atoms with Crippen LogP contribution in [0.5, 0.6) is 0 Å². The van der Waals surface area contributed by atoms with Gasteiger partial charge < -0.3 is 4.57 Å². The van der Waals surface area contributed by atoms with E-state index in [2.05, 4.69) is 182 Å². The Morgan fingerprint density at radius 3 is 2.18 bits per heavy atom. The lowest BCUT2D eigenvalue weighted by molar-refractivity contribution is 0.662. The predicted octanol–water partition coefficient (Wildman–Crippen LogP) is 10.8. The number of pyridine rings is 1. The maximum Gasteiger partial charge on any atom is 0.0708 e. The van der Waals surface area contributed by atoms with E-state index in [0.717, 1.165) is 11.9 Å². The van der Waals surface area contributed by atoms with Crippen LogP contribution in [0.3, 0.4) is 0 Å². The zero-order valence-electron chi connectivity index (χ0n) is 29.2. The van der Waals surface area contributed by atoms with E-state index >= 15 is 0 Å². The first kappa shape index (κ1) is 29.9. The third-order valence-corrected chi connectivity index (χ3v) is 11.4. The molecule has 10 rings (SSSR count). The molecule has 6 aromatic carbocycles. The van der Waals surface area contributed by atoms with Gasteiger partial charge in [0, 0.05) is 33.3 Å². The van der Waals surface area contributed by atoms with Gasteiger partial charge in [0.25, 0.3) is 0 Å². The van der Waals surface area contributed by atoms with Crippen LogP contribution in [0.4, 0.5) is 0 Å². The number of para-hydroxylation sites is 2. The Bertz CT molecular complexity index is 2790. The van der Waals surface area contributed by atoms with E-state index in [1.807, 2.05) is 6.20 Å². The first-order valence-corrected chi connectivity index (χ1v) is 18.1. The average molecular weight is 655 g/mol. The van der Waals surface area contributed by atoms with Crippen molar-refractivity contribution in [1.82, 2.24) is 9.55 Å². The molecule has 1 atom stereocenters. The molecule has 0 bridgehead atoms. The van der Waals surface area contributed by atoms with Crippen LogP contribution in [0.15, 0.2) is 152 Å². The zero-order valence-corrected chi connectivity index (χ0v) is 29.2. The number of aromatic nitrogens is 2. The van der Waals surface area contributed by atoms with Gasteiger partial charge in [-0.25, -0.2) is 0 Å². The van der Waals surface area contributed by atoms with E-state index in [1.54, 1.807) is 0 Å². The van der Waals surface area contributed by atoms with Crippen LogP contribution in [-0.2, 0) is 5.41 Å². The molecule has 2 aromatic heterocycles. The molecule has 0 saturated carbocycles. The molecule has 2 aliphatic carbocycles. The van der Waals surface area contributed by atoms with Gasteiger partial charge in [-0.1, -0.05) is 136 Å². The Hall–Kier alpha value is -5.99. The zero-order chi connectivity index (χ0) is 34.3. The second-order valence-electron chi connectivity index (χ2n) is 14.8. The van der Waals surface area contributed by atoms with Crippen molar-refractivity contribution in [1.29, 1.82) is 0 Å². The molecule has 0 N–H and O–H groups in total. The van der Waals surface area contributed by atoms with Gasteiger partial charge in [-0.3, -0.25) is 4.98 Å². The molecule has 2 heterocycles. The molecule has 2 aliphatic rings. The third-order valence-electron chi connectivity index (χ3n) is 11.4. The molecule has 0 fully saturated rings. The van der Waals surface area contributed by atoms with Crippen LogP contribution >= 0.6 is 0 Å². The van der Waals surface area contributed by atoms with E-state index < -0.39 is 0 Å². The van der Waals surface area contributed by atoms with Crippen molar-refractivity contribution in [2.45, 2.75) is 32.6 Å². The molecule has 2 nitrogen and oxygen atoms in total. The molecule has 8 aromatic rings. The molecule has 244 valence electrons. The number of hydrogen-bond donors (Lipinski definition) is 0. The van der Waals surface area contributed by atoms with Crippen molar-refractivity contribution in [2.24, 2.45) is 5.92 Å². The number of fused-ring (bicyclic) bond motifs is 7. The van der Waals surface area contributed by atoms with Crippen molar-refractivity contribution in [3.63, 3.8) is 0 Å². The Labute approximate surface area is 298 Å². The van der Waals surface area contributed by atoms with Crippen LogP contribution in [0.1, 0.15) is 43.9 Å². The Balaban J connectivity index is 1.20. The van der Waals surface area contributed by atoms with Crippen molar-refractivity contribution in [3.05, 3.63) is 179 Å². The van der Waals surface area contributed by atoms with Gasteiger partial charge in [-0.2, -0.15) is 0 Å². The van der Waals surface area contributed by atoms with E-state index in [9.17, 15) is 0 Å². The minimum absolute atomic E-state index is 0.0802. The van der Waals surface area contributed by atoms with Gasteiger partial charge in [0.1, 0.15) is 0 Å². The summed E-state index contributed by atoms with van der Waals surface area (Å²) < 4.78 is 2.51. The molecule has 0 spiro atoms. The Kier molecular flexibility index (Phi) is 6.60. The summed E-state index contributed by atoms with van der Waals surface area (Å²) in [4.78, 5) is 4.60. The lowest BCUT2D eigenvalue weighted by Crippen LogP contribution is -2.35. The normalized spacial score (nSPS) is 15.7. The number of benzene rings is 6. The summed E-state index contributed by atoms with van der Waals surface area (Å²) in [5, 5.41) is 5.13. The van der Waals surface area contributed by atoms with Crippen molar-refractivity contribution in [2.75, 3.05) is 0 Å². The molecule has 0 aliphatic heterocycles. The van der Waals surface area contributed by atoms with Gasteiger partial charge in [0.05, 0.1) is 16.4 Å². The van der Waals surface area contributed by atoms with Gasteiger partial charge in [0.15, 0.2) is 0 Å². The summed E-state index contributed by atoms with van der Waals surface area (Å²) in [6.07, 6.45) is 5.41. The molecule has 51 heavy (non-hydrogen) atoms. The second-order valence-corrected chi connectivity index (χ2v) is 14.8. The maximum atomic E-state index is 4.60. The highest BCUT2D eigenvalue weighted by Crippen LogP contribution is 2.52. The molecule has 0 saturated heterocycles. The first-order chi connectivity index (χ1) is 25.0. The number of hydrogen-bond acceptors (Lipinski definition) is 1. The number of rotatable bonds is 4. The summed E-state index contributed by atoms with van der Waals surface area (Å²) in [7, 11) is 0. The minimum atomic E-state index is -0.0802. The summed E-state index contributed by atoms with van der Waals surface area (Å²) in [5.41, 5.74) is 16.6. The van der Waals surface area contributed by atoms with Crippen molar-refractivity contribution < 1.29 is 0 Å². The topological polar surface area (TPSA) is 17.8 Å². The SMILES string of the molecule is CC1C=c2c(n(-c3ccccc3)c3ccc(-c4cccc5c4C(C)(C)c4ccccc4-5)cc23)=C(c2ccc(-c3ccnc4ccccc34)cc2)C1. The molecule has 1 unspecified atom stereocenters. The van der Waals surface area contributed by atoms with Gasteiger partial charge in [-0.05, 0) is 104 Å². The molecular weight excluding hydrogens is 617 g/mol. The van der Waals surface area contributed by atoms with Crippen LogP contribution in [0.25, 0.3) is 72.5 Å². The largest absolute Gasteiger partial charge is 0.309 e. The van der Waals surface area contributed by atoms with Crippen molar-refractivity contribution >= 4 is 33.5 Å². The maximum absolute atomic E-state index is 4.60. The average Bonchev–Trinajstić information content (AvgIpc) is 3.63. The van der Waals surface area contributed by atoms with Crippen LogP contribution < -0.4 is 10.6 Å². The standard InChI is InChI=1S/C49H38N2/c1-31-28-41(33-22-20-32(21-23-33)36-26-27-50-45-19-10-8-15-39(36)45)48-43(29-31)42-30-34(24-25-46(42)51(48)35-12-5-4-6-13-35)37-16-11-17-40-38-14-7-9-18-44(38)49(2,3)47(37)40/h4-27,29-31H,28H2,1-3H3. The quantitative estimate of drug-likeness (QED) is 0.185. The lowest BCUT2D eigenvalue weighted by Gasteiger charge is -2.24. The highest BCUT2D eigenvalue weighted by Gasteiger charge is 2.37. The molecular formula is C49H38N2. The summed E-state index contributed by atoms with van der Waals surface area (Å²) in [6, 6.07) is 53.6. The Morgan fingerprint density at radius 2 is 1.31 bits per heavy atom. The molecule has 2 heteroatoms. The fraction of sp³-hybridized carbons (Fsp3) is 0.122. The lowest BCUT2D eigenvalue weighted by atomic mass is 9.79. The van der Waals surface area contributed by atoms with E-state index in [0.29, 0.717) is 5.92 Å². The summed E-state index contributed by atoms with van der Waals surface area (Å²) in [6.45, 7) is 7.12. The highest BCUT2D eigenvalue weighted by atomic mass is 15.0. The van der Waals surface area contributed by atoms with Gasteiger partial charge >= 0.3 is 0 Å². The van der Waals surface area contributed by atoms with E-state index in [-0.39, 0.29) is 5.41 Å². The fourth-order valence-electron chi connectivity index (χ4n) is 9.10. The van der Waals surface area contributed by atoms with Gasteiger partial charge in [0.2, 0.25) is 0 Å². The van der Waals surface area contributed by atoms with Crippen LogP contribution in [0.2, 0.25) is 0 Å². The number of nitrogens with zero attached hydrogens (tertiary/aromatic N) is 2. The monoisotopic (exact) mass is 654 g/mol. The summed E-state index contributed by atoms with van der Waals surface area (Å²) >= 11 is 0. The Morgan fingerprint density at radius 1 is 0.608 bits per heavy atom. The summed E-state index contributed by atoms with van der Waals surface area (Å²) in [5.74, 6) is 0.407. The third kappa shape index (κ3) is 4.53. The smallest absolute Gasteiger partial charge is 0.0708 e. The van der Waals surface area contributed by atoms with Crippen molar-refractivity contribution in [3.8, 4) is 39.1 Å². The molecule has 0 radical (unpaired) electrons. The predicted molar refractivity (Wildman–Crippen MR) is 213 cm³/mol. The fourth-order valence-corrected chi connectivity index (χ4v) is 9.10. The first-order valence-electron chi connectivity index (χ1n) is 18.1. The second kappa shape index (κ2) is 11.3. The molecule has 0 amide bonds. The van der Waals surface area contributed by atoms with Gasteiger partial charge in [-0.15, -0.1) is 0 Å². The van der Waals surface area contributed by atoms with E-state index in [4.69, 9.17) is 0 Å². The van der Waals surface area contributed by atoms with Crippen LogP contribution in [-0.4, -0.2) is 9.55 Å². The minimum Gasteiger partial charge on any atom is -0.309 e. The highest BCUT2D eigenvalue weighted by molar-refractivity contribution is 5.96. The van der Waals surface area contributed by atoms with Crippen LogP contribution in [0, 0.1) is 5.92 Å². The van der Waals surface area contributed by atoms with E-state index in [1.165, 1.54) is 88.2 Å².